The molecule has 0 spiro atoms. The largest absolute Gasteiger partial charge is 0.492 e. The molecule has 0 amide bonds. The van der Waals surface area contributed by atoms with Gasteiger partial charge >= 0.3 is 0 Å². The van der Waals surface area contributed by atoms with Crippen molar-refractivity contribution in [3.8, 4) is 5.75 Å². The zero-order valence-electron chi connectivity index (χ0n) is 13.2. The quantitative estimate of drug-likeness (QED) is 0.279. The average Bonchev–Trinajstić information content (AvgIpc) is 3.10. The van der Waals surface area contributed by atoms with Crippen LogP contribution in [0.3, 0.4) is 0 Å². The lowest BCUT2D eigenvalue weighted by Crippen LogP contribution is -2.21. The van der Waals surface area contributed by atoms with Crippen LogP contribution in [0.25, 0.3) is 15.8 Å². The van der Waals surface area contributed by atoms with E-state index in [1.807, 2.05) is 0 Å². The van der Waals surface area contributed by atoms with Crippen LogP contribution in [0.15, 0.2) is 22.8 Å². The van der Waals surface area contributed by atoms with E-state index in [4.69, 9.17) is 21.2 Å². The lowest BCUT2D eigenvalue weighted by atomic mass is 10.1. The number of nitrogens with two attached hydrogens (primary N) is 2. The summed E-state index contributed by atoms with van der Waals surface area (Å²) in [6.45, 7) is -0.144. The second kappa shape index (κ2) is 7.52. The van der Waals surface area contributed by atoms with Crippen molar-refractivity contribution in [1.82, 2.24) is 5.43 Å². The van der Waals surface area contributed by atoms with E-state index in [1.165, 1.54) is 6.20 Å². The molecule has 26 heavy (non-hydrogen) atoms. The van der Waals surface area contributed by atoms with Gasteiger partial charge in [-0.2, -0.15) is 0 Å². The second-order valence-corrected chi connectivity index (χ2v) is 8.43. The number of benzene rings is 1. The summed E-state index contributed by atoms with van der Waals surface area (Å²) in [5, 5.41) is 0.621. The molecule has 3 atom stereocenters. The highest BCUT2D eigenvalue weighted by Gasteiger charge is 2.57. The SMILES string of the molecule is N/C=C(\NN)c1cc(OCC2CC2(F)F)c2sc(C(F)PO)c(Br)c2c1. The molecule has 0 aliphatic heterocycles. The van der Waals surface area contributed by atoms with E-state index < -0.39 is 26.6 Å². The van der Waals surface area contributed by atoms with Gasteiger partial charge in [-0.3, -0.25) is 5.84 Å². The van der Waals surface area contributed by atoms with Gasteiger partial charge in [-0.15, -0.1) is 11.3 Å². The topological polar surface area (TPSA) is 93.5 Å². The molecule has 1 fully saturated rings. The van der Waals surface area contributed by atoms with Gasteiger partial charge < -0.3 is 20.8 Å². The highest BCUT2D eigenvalue weighted by Crippen LogP contribution is 2.51. The van der Waals surface area contributed by atoms with E-state index in [-0.39, 0.29) is 13.0 Å². The van der Waals surface area contributed by atoms with Gasteiger partial charge in [0.15, 0.2) is 5.91 Å². The molecule has 1 aromatic carbocycles. The molecule has 1 aliphatic rings. The zero-order chi connectivity index (χ0) is 19.1. The summed E-state index contributed by atoms with van der Waals surface area (Å²) in [4.78, 5) is 9.44. The molecular formula is C15H16BrF3N3O2PS. The summed E-state index contributed by atoms with van der Waals surface area (Å²) in [6.07, 6.45) is 1.06. The fourth-order valence-corrected chi connectivity index (χ4v) is 5.22. The molecule has 3 unspecified atom stereocenters. The normalized spacial score (nSPS) is 20.7. The number of rotatable bonds is 7. The maximum absolute atomic E-state index is 14.1. The molecule has 11 heteroatoms. The molecule has 142 valence electrons. The summed E-state index contributed by atoms with van der Waals surface area (Å²) in [7, 11) is -0.911. The van der Waals surface area contributed by atoms with E-state index >= 15 is 0 Å². The lowest BCUT2D eigenvalue weighted by Gasteiger charge is -2.11. The van der Waals surface area contributed by atoms with E-state index in [1.54, 1.807) is 12.1 Å². The monoisotopic (exact) mass is 469 g/mol. The minimum absolute atomic E-state index is 0.144. The predicted molar refractivity (Wildman–Crippen MR) is 102 cm³/mol. The minimum atomic E-state index is -2.69. The lowest BCUT2D eigenvalue weighted by molar-refractivity contribution is 0.0858. The van der Waals surface area contributed by atoms with Crippen molar-refractivity contribution in [3.63, 3.8) is 0 Å². The van der Waals surface area contributed by atoms with Crippen molar-refractivity contribution in [2.45, 2.75) is 18.3 Å². The van der Waals surface area contributed by atoms with Crippen LogP contribution in [-0.4, -0.2) is 17.4 Å². The van der Waals surface area contributed by atoms with Crippen LogP contribution in [0.4, 0.5) is 13.2 Å². The van der Waals surface area contributed by atoms with Gasteiger partial charge in [0, 0.05) is 28.0 Å². The van der Waals surface area contributed by atoms with Crippen molar-refractivity contribution in [3.05, 3.63) is 33.2 Å². The summed E-state index contributed by atoms with van der Waals surface area (Å²) in [5.74, 6) is 0.727. The van der Waals surface area contributed by atoms with E-state index in [0.29, 0.717) is 36.4 Å². The number of fused-ring (bicyclic) bond motifs is 1. The van der Waals surface area contributed by atoms with Crippen LogP contribution in [0.5, 0.6) is 5.75 Å². The number of alkyl halides is 3. The Kier molecular flexibility index (Phi) is 5.69. The van der Waals surface area contributed by atoms with Gasteiger partial charge in [-0.05, 0) is 28.1 Å². The maximum Gasteiger partial charge on any atom is 0.255 e. The molecule has 1 aliphatic carbocycles. The number of hydrogen-bond acceptors (Lipinski definition) is 6. The van der Waals surface area contributed by atoms with Crippen molar-refractivity contribution < 1.29 is 22.8 Å². The molecule has 1 aromatic heterocycles. The number of ether oxygens (including phenoxy) is 1. The van der Waals surface area contributed by atoms with Crippen LogP contribution in [0, 0.1) is 5.92 Å². The smallest absolute Gasteiger partial charge is 0.255 e. The molecule has 1 saturated carbocycles. The Morgan fingerprint density at radius 1 is 1.58 bits per heavy atom. The highest BCUT2D eigenvalue weighted by molar-refractivity contribution is 9.10. The first kappa shape index (κ1) is 19.7. The third-order valence-electron chi connectivity index (χ3n) is 4.09. The van der Waals surface area contributed by atoms with Gasteiger partial charge in [-0.25, -0.2) is 13.2 Å². The van der Waals surface area contributed by atoms with Gasteiger partial charge in [-0.1, -0.05) is 0 Å². The van der Waals surface area contributed by atoms with Gasteiger partial charge in [0.1, 0.15) is 5.75 Å². The van der Waals surface area contributed by atoms with Crippen LogP contribution in [0.1, 0.15) is 22.8 Å². The Labute approximate surface area is 161 Å². The van der Waals surface area contributed by atoms with Crippen LogP contribution in [-0.2, 0) is 0 Å². The van der Waals surface area contributed by atoms with Crippen molar-refractivity contribution in [1.29, 1.82) is 0 Å². The Balaban J connectivity index is 2.06. The Morgan fingerprint density at radius 2 is 2.27 bits per heavy atom. The molecule has 1 heterocycles. The molecule has 0 bridgehead atoms. The number of halogens is 4. The Morgan fingerprint density at radius 3 is 2.81 bits per heavy atom. The summed E-state index contributed by atoms with van der Waals surface area (Å²) < 4.78 is 47.0. The van der Waals surface area contributed by atoms with Crippen molar-refractivity contribution in [2.24, 2.45) is 17.5 Å². The fourth-order valence-electron chi connectivity index (χ4n) is 2.51. The maximum atomic E-state index is 14.1. The zero-order valence-corrected chi connectivity index (χ0v) is 16.6. The van der Waals surface area contributed by atoms with Gasteiger partial charge in [0.05, 0.1) is 36.6 Å². The first-order chi connectivity index (χ1) is 12.3. The number of hydrazine groups is 1. The molecule has 0 radical (unpaired) electrons. The number of thiophene rings is 1. The first-order valence-electron chi connectivity index (χ1n) is 7.51. The van der Waals surface area contributed by atoms with Crippen molar-refractivity contribution in [2.75, 3.05) is 6.61 Å². The summed E-state index contributed by atoms with van der Waals surface area (Å²) >= 11 is 4.45. The van der Waals surface area contributed by atoms with E-state index in [9.17, 15) is 13.2 Å². The molecule has 3 rings (SSSR count). The van der Waals surface area contributed by atoms with E-state index in [0.717, 1.165) is 11.3 Å². The Bertz CT molecular complexity index is 864. The average molecular weight is 470 g/mol. The second-order valence-electron chi connectivity index (χ2n) is 5.82. The summed E-state index contributed by atoms with van der Waals surface area (Å²) in [5.41, 5.74) is 8.95. The summed E-state index contributed by atoms with van der Waals surface area (Å²) in [6, 6.07) is 3.34. The molecule has 0 saturated heterocycles. The molecular weight excluding hydrogens is 454 g/mol. The Hall–Kier alpha value is -1.06. The molecule has 6 N–H and O–H groups in total. The van der Waals surface area contributed by atoms with Gasteiger partial charge in [0.25, 0.3) is 5.92 Å². The third kappa shape index (κ3) is 3.66. The number of nitrogens with one attached hydrogen (secondary N) is 1. The first-order valence-corrected chi connectivity index (χ1v) is 10.1. The highest BCUT2D eigenvalue weighted by atomic mass is 79.9. The predicted octanol–water partition coefficient (Wildman–Crippen LogP) is 3.97. The number of hydrogen-bond donors (Lipinski definition) is 4. The van der Waals surface area contributed by atoms with Crippen LogP contribution in [0.2, 0.25) is 0 Å². The van der Waals surface area contributed by atoms with Crippen LogP contribution >= 0.6 is 36.1 Å². The fraction of sp³-hybridized carbons (Fsp3) is 0.333. The minimum Gasteiger partial charge on any atom is -0.492 e. The van der Waals surface area contributed by atoms with Crippen LogP contribution < -0.4 is 21.7 Å². The van der Waals surface area contributed by atoms with Gasteiger partial charge in [0.2, 0.25) is 0 Å². The van der Waals surface area contributed by atoms with Crippen molar-refractivity contribution >= 4 is 51.9 Å². The molecule has 5 nitrogen and oxygen atoms in total. The molecule has 2 aromatic rings. The standard InChI is InChI=1S/C15H16BrF3N3O2PS/c16-11-8-1-6(9(4-20)22-21)2-10(24-5-7-3-15(7,18)19)12(8)26-13(11)14(17)25-23/h1-2,4,7,14,22-23,25H,3,5,20-21H2/b9-4-. The van der Waals surface area contributed by atoms with E-state index in [2.05, 4.69) is 21.4 Å². The third-order valence-corrected chi connectivity index (χ3v) is 7.19.